The fourth-order valence-electron chi connectivity index (χ4n) is 3.15. The van der Waals surface area contributed by atoms with Gasteiger partial charge in [0.15, 0.2) is 5.13 Å². The van der Waals surface area contributed by atoms with E-state index in [4.69, 9.17) is 0 Å². The summed E-state index contributed by atoms with van der Waals surface area (Å²) in [5.41, 5.74) is 0.811. The number of thiophene rings is 1. The number of benzene rings is 1. The van der Waals surface area contributed by atoms with Gasteiger partial charge in [0.25, 0.3) is 5.91 Å². The van der Waals surface area contributed by atoms with Crippen LogP contribution in [0.25, 0.3) is 10.2 Å². The summed E-state index contributed by atoms with van der Waals surface area (Å²) in [6.45, 7) is 4.49. The monoisotopic (exact) mass is 435 g/mol. The summed E-state index contributed by atoms with van der Waals surface area (Å²) < 4.78 is 14.2. The Kier molecular flexibility index (Phi) is 5.69. The van der Waals surface area contributed by atoms with Crippen LogP contribution in [0.3, 0.4) is 0 Å². The lowest BCUT2D eigenvalue weighted by Gasteiger charge is -2.34. The van der Waals surface area contributed by atoms with E-state index < -0.39 is 4.92 Å². The third-order valence-corrected chi connectivity index (χ3v) is 6.81. The third kappa shape index (κ3) is 4.52. The molecule has 1 saturated heterocycles. The third-order valence-electron chi connectivity index (χ3n) is 4.69. The number of nitrogens with zero attached hydrogens (tertiary/aromatic N) is 4. The van der Waals surface area contributed by atoms with Gasteiger partial charge in [-0.05, 0) is 24.3 Å². The first-order chi connectivity index (χ1) is 14.0. The first-order valence-corrected chi connectivity index (χ1v) is 10.7. The molecule has 1 aliphatic heterocycles. The van der Waals surface area contributed by atoms with Gasteiger partial charge in [0.05, 0.1) is 20.0 Å². The van der Waals surface area contributed by atoms with Crippen molar-refractivity contribution in [3.05, 3.63) is 51.1 Å². The van der Waals surface area contributed by atoms with Crippen LogP contribution in [-0.4, -0.2) is 60.0 Å². The fourth-order valence-corrected chi connectivity index (χ4v) is 4.93. The van der Waals surface area contributed by atoms with Gasteiger partial charge in [0.1, 0.15) is 5.82 Å². The number of thiazole rings is 1. The van der Waals surface area contributed by atoms with Gasteiger partial charge in [-0.1, -0.05) is 22.7 Å². The highest BCUT2D eigenvalue weighted by molar-refractivity contribution is 7.22. The van der Waals surface area contributed by atoms with Crippen molar-refractivity contribution in [2.24, 2.45) is 0 Å². The van der Waals surface area contributed by atoms with Crippen LogP contribution in [-0.2, 0) is 0 Å². The van der Waals surface area contributed by atoms with E-state index >= 15 is 0 Å². The van der Waals surface area contributed by atoms with Crippen LogP contribution >= 0.6 is 22.7 Å². The van der Waals surface area contributed by atoms with Crippen LogP contribution in [0.2, 0.25) is 0 Å². The molecule has 1 fully saturated rings. The number of carbonyl (C=O) groups excluding carboxylic acids is 1. The lowest BCUT2D eigenvalue weighted by atomic mass is 10.3. The Morgan fingerprint density at radius 3 is 2.72 bits per heavy atom. The van der Waals surface area contributed by atoms with E-state index in [1.54, 1.807) is 6.07 Å². The van der Waals surface area contributed by atoms with Crippen molar-refractivity contribution in [2.75, 3.05) is 44.2 Å². The summed E-state index contributed by atoms with van der Waals surface area (Å²) in [5, 5.41) is 14.4. The Morgan fingerprint density at radius 1 is 1.21 bits per heavy atom. The predicted octanol–water partition coefficient (Wildman–Crippen LogP) is 2.96. The molecule has 3 aromatic rings. The Balaban J connectivity index is 1.24. The highest BCUT2D eigenvalue weighted by atomic mass is 32.1. The molecule has 152 valence electrons. The number of hydrogen-bond acceptors (Lipinski definition) is 8. The van der Waals surface area contributed by atoms with Crippen molar-refractivity contribution in [1.29, 1.82) is 0 Å². The Morgan fingerprint density at radius 2 is 2.00 bits per heavy atom. The van der Waals surface area contributed by atoms with E-state index in [1.807, 2.05) is 0 Å². The number of anilines is 1. The van der Waals surface area contributed by atoms with Crippen molar-refractivity contribution in [3.8, 4) is 0 Å². The second-order valence-electron chi connectivity index (χ2n) is 6.59. The lowest BCUT2D eigenvalue weighted by molar-refractivity contribution is -0.380. The highest BCUT2D eigenvalue weighted by Crippen LogP contribution is 2.29. The molecule has 0 atom stereocenters. The summed E-state index contributed by atoms with van der Waals surface area (Å²) in [6.07, 6.45) is 0. The molecule has 0 radical (unpaired) electrons. The zero-order valence-electron chi connectivity index (χ0n) is 15.3. The minimum absolute atomic E-state index is 0.0381. The summed E-state index contributed by atoms with van der Waals surface area (Å²) in [7, 11) is 0. The van der Waals surface area contributed by atoms with Gasteiger partial charge >= 0.3 is 5.00 Å². The van der Waals surface area contributed by atoms with Gasteiger partial charge in [-0.3, -0.25) is 19.8 Å². The van der Waals surface area contributed by atoms with Crippen LogP contribution in [0, 0.1) is 15.9 Å². The average Bonchev–Trinajstić information content (AvgIpc) is 3.35. The number of hydrogen-bond donors (Lipinski definition) is 1. The van der Waals surface area contributed by atoms with Crippen LogP contribution < -0.4 is 10.2 Å². The number of piperazine rings is 1. The number of nitro groups is 1. The summed E-state index contributed by atoms with van der Waals surface area (Å²) in [6, 6.07) is 7.45. The number of nitrogens with one attached hydrogen (secondary N) is 1. The fraction of sp³-hybridized carbons (Fsp3) is 0.333. The van der Waals surface area contributed by atoms with Gasteiger partial charge in [0, 0.05) is 45.3 Å². The molecule has 0 aliphatic carbocycles. The first-order valence-electron chi connectivity index (χ1n) is 9.05. The Labute approximate surface area is 173 Å². The van der Waals surface area contributed by atoms with Crippen molar-refractivity contribution < 1.29 is 14.1 Å². The summed E-state index contributed by atoms with van der Waals surface area (Å²) in [4.78, 5) is 31.7. The van der Waals surface area contributed by atoms with Crippen LogP contribution in [0.1, 0.15) is 9.67 Å². The zero-order chi connectivity index (χ0) is 20.4. The summed E-state index contributed by atoms with van der Waals surface area (Å²) in [5.74, 6) is -0.542. The number of carbonyl (C=O) groups is 1. The average molecular weight is 436 g/mol. The maximum absolute atomic E-state index is 13.4. The smallest absolute Gasteiger partial charge is 0.324 e. The molecule has 0 unspecified atom stereocenters. The topological polar surface area (TPSA) is 91.6 Å². The molecular formula is C18H18FN5O3S2. The van der Waals surface area contributed by atoms with Crippen molar-refractivity contribution in [3.63, 3.8) is 0 Å². The van der Waals surface area contributed by atoms with Gasteiger partial charge in [-0.2, -0.15) is 0 Å². The van der Waals surface area contributed by atoms with E-state index in [0.29, 0.717) is 18.0 Å². The molecular weight excluding hydrogens is 417 g/mol. The Bertz CT molecular complexity index is 1050. The van der Waals surface area contributed by atoms with Gasteiger partial charge < -0.3 is 10.2 Å². The molecule has 2 aromatic heterocycles. The number of rotatable bonds is 6. The molecule has 3 heterocycles. The minimum atomic E-state index is -0.497. The normalized spacial score (nSPS) is 15.0. The second kappa shape index (κ2) is 8.39. The molecule has 0 saturated carbocycles. The molecule has 11 heteroatoms. The van der Waals surface area contributed by atoms with Crippen LogP contribution in [0.15, 0.2) is 30.3 Å². The first kappa shape index (κ1) is 19.7. The molecule has 8 nitrogen and oxygen atoms in total. The SMILES string of the molecule is O=C(NCCN1CCN(c2nc3ccc(F)cc3s2)CC1)c1ccc([N+](=O)[O-])s1. The largest absolute Gasteiger partial charge is 0.350 e. The number of fused-ring (bicyclic) bond motifs is 1. The quantitative estimate of drug-likeness (QED) is 0.473. The molecule has 1 aromatic carbocycles. The minimum Gasteiger partial charge on any atom is -0.350 e. The van der Waals surface area contributed by atoms with E-state index in [9.17, 15) is 19.3 Å². The number of amides is 1. The number of aromatic nitrogens is 1. The van der Waals surface area contributed by atoms with E-state index in [-0.39, 0.29) is 16.7 Å². The molecule has 1 amide bonds. The molecule has 29 heavy (non-hydrogen) atoms. The highest BCUT2D eigenvalue weighted by Gasteiger charge is 2.20. The predicted molar refractivity (Wildman–Crippen MR) is 112 cm³/mol. The molecule has 0 bridgehead atoms. The number of halogens is 1. The van der Waals surface area contributed by atoms with Crippen molar-refractivity contribution >= 4 is 48.9 Å². The molecule has 0 spiro atoms. The van der Waals surface area contributed by atoms with E-state index in [1.165, 1.54) is 35.6 Å². The van der Waals surface area contributed by atoms with Gasteiger partial charge in [-0.25, -0.2) is 9.37 Å². The summed E-state index contributed by atoms with van der Waals surface area (Å²) >= 11 is 2.37. The van der Waals surface area contributed by atoms with Crippen molar-refractivity contribution in [1.82, 2.24) is 15.2 Å². The van der Waals surface area contributed by atoms with Gasteiger partial charge in [0.2, 0.25) is 0 Å². The molecule has 1 aliphatic rings. The Hall–Kier alpha value is -2.63. The lowest BCUT2D eigenvalue weighted by Crippen LogP contribution is -2.48. The maximum Gasteiger partial charge on any atom is 0.324 e. The van der Waals surface area contributed by atoms with E-state index in [0.717, 1.165) is 52.9 Å². The van der Waals surface area contributed by atoms with Crippen LogP contribution in [0.4, 0.5) is 14.5 Å². The van der Waals surface area contributed by atoms with Crippen LogP contribution in [0.5, 0.6) is 0 Å². The van der Waals surface area contributed by atoms with E-state index in [2.05, 4.69) is 20.1 Å². The zero-order valence-corrected chi connectivity index (χ0v) is 17.0. The molecule has 4 rings (SSSR count). The van der Waals surface area contributed by atoms with Gasteiger partial charge in [-0.15, -0.1) is 0 Å². The van der Waals surface area contributed by atoms with Crippen molar-refractivity contribution in [2.45, 2.75) is 0 Å². The molecule has 1 N–H and O–H groups in total. The second-order valence-corrected chi connectivity index (χ2v) is 8.66. The standard InChI is InChI=1S/C18H18FN5O3S2/c19-12-1-2-13-15(11-12)29-18(21-13)23-9-7-22(8-10-23)6-5-20-17(25)14-3-4-16(28-14)24(26)27/h1-4,11H,5-10H2,(H,20,25). The maximum atomic E-state index is 13.4.